The Morgan fingerprint density at radius 1 is 0.881 bits per heavy atom. The number of ketones is 1. The van der Waals surface area contributed by atoms with Gasteiger partial charge in [0.1, 0.15) is 12.6 Å². The largest absolute Gasteiger partial charge is 0.469 e. The molecule has 3 aromatic carbocycles. The van der Waals surface area contributed by atoms with Crippen molar-refractivity contribution in [3.63, 3.8) is 0 Å². The molecule has 0 radical (unpaired) electrons. The number of rotatable bonds is 9. The molecule has 1 aliphatic carbocycles. The van der Waals surface area contributed by atoms with Crippen LogP contribution in [-0.2, 0) is 26.1 Å². The van der Waals surface area contributed by atoms with Crippen LogP contribution in [0, 0.1) is 6.92 Å². The molecule has 0 fully saturated rings. The molecule has 0 saturated carbocycles. The first-order chi connectivity index (χ1) is 20.3. The van der Waals surface area contributed by atoms with E-state index in [9.17, 15) is 19.2 Å². The minimum Gasteiger partial charge on any atom is -0.469 e. The number of benzene rings is 3. The van der Waals surface area contributed by atoms with Crippen molar-refractivity contribution in [3.8, 4) is 11.1 Å². The zero-order chi connectivity index (χ0) is 29.8. The lowest BCUT2D eigenvalue weighted by atomic mass is 9.98. The maximum atomic E-state index is 13.4. The van der Waals surface area contributed by atoms with Crippen molar-refractivity contribution in [1.29, 1.82) is 0 Å². The lowest BCUT2D eigenvalue weighted by Crippen LogP contribution is -2.45. The Morgan fingerprint density at radius 2 is 1.48 bits per heavy atom. The van der Waals surface area contributed by atoms with Crippen molar-refractivity contribution >= 4 is 29.4 Å². The number of hydrogen-bond acceptors (Lipinski definition) is 6. The highest BCUT2D eigenvalue weighted by molar-refractivity contribution is 6.15. The number of anilines is 1. The number of nitrogens with one attached hydrogen (secondary N) is 2. The summed E-state index contributed by atoms with van der Waals surface area (Å²) in [5.74, 6) is -1.83. The molecule has 9 heteroatoms. The number of ether oxygens (including phenoxy) is 2. The second-order valence-electron chi connectivity index (χ2n) is 10.1. The number of hydrogen-bond donors (Lipinski definition) is 2. The van der Waals surface area contributed by atoms with Crippen molar-refractivity contribution in [2.45, 2.75) is 25.3 Å². The summed E-state index contributed by atoms with van der Waals surface area (Å²) in [5, 5.41) is 5.23. The van der Waals surface area contributed by atoms with E-state index in [0.29, 0.717) is 16.8 Å². The van der Waals surface area contributed by atoms with E-state index in [-0.39, 0.29) is 24.0 Å². The Balaban J connectivity index is 1.31. The topological polar surface area (TPSA) is 116 Å². The van der Waals surface area contributed by atoms with E-state index in [2.05, 4.69) is 10.6 Å². The first-order valence-electron chi connectivity index (χ1n) is 13.5. The van der Waals surface area contributed by atoms with Gasteiger partial charge >= 0.3 is 12.1 Å². The molecule has 2 amide bonds. The van der Waals surface area contributed by atoms with Crippen LogP contribution < -0.4 is 10.6 Å². The molecular weight excluding hydrogens is 534 g/mol. The third kappa shape index (κ3) is 5.67. The summed E-state index contributed by atoms with van der Waals surface area (Å²) in [6.07, 6.45) is 0.331. The third-order valence-corrected chi connectivity index (χ3v) is 7.55. The molecule has 0 spiro atoms. The van der Waals surface area contributed by atoms with E-state index in [1.165, 1.54) is 7.11 Å². The lowest BCUT2D eigenvalue weighted by molar-refractivity contribution is -0.142. The maximum Gasteiger partial charge on any atom is 0.407 e. The molecule has 0 saturated heterocycles. The average Bonchev–Trinajstić information content (AvgIpc) is 3.48. The summed E-state index contributed by atoms with van der Waals surface area (Å²) >= 11 is 0. The summed E-state index contributed by atoms with van der Waals surface area (Å²) in [4.78, 5) is 51.8. The van der Waals surface area contributed by atoms with Gasteiger partial charge in [0.05, 0.1) is 24.8 Å². The molecule has 5 rings (SSSR count). The molecule has 4 aromatic rings. The van der Waals surface area contributed by atoms with Crippen molar-refractivity contribution in [2.75, 3.05) is 19.0 Å². The highest BCUT2D eigenvalue weighted by atomic mass is 16.5. The molecule has 1 aromatic heterocycles. The lowest BCUT2D eigenvalue weighted by Gasteiger charge is -2.19. The number of nitrogens with zero attached hydrogens (tertiary/aromatic N) is 1. The van der Waals surface area contributed by atoms with Crippen LogP contribution in [0.25, 0.3) is 11.1 Å². The molecule has 214 valence electrons. The van der Waals surface area contributed by atoms with Crippen LogP contribution >= 0.6 is 0 Å². The van der Waals surface area contributed by atoms with Gasteiger partial charge in [-0.2, -0.15) is 0 Å². The van der Waals surface area contributed by atoms with Crippen LogP contribution in [0.15, 0.2) is 85.1 Å². The number of carbonyl (C=O) groups is 4. The first-order valence-corrected chi connectivity index (χ1v) is 13.5. The fourth-order valence-electron chi connectivity index (χ4n) is 5.30. The normalized spacial score (nSPS) is 12.5. The van der Waals surface area contributed by atoms with E-state index in [1.807, 2.05) is 54.6 Å². The van der Waals surface area contributed by atoms with E-state index in [4.69, 9.17) is 9.47 Å². The van der Waals surface area contributed by atoms with Gasteiger partial charge in [0.15, 0.2) is 5.78 Å². The number of alkyl carbamates (subject to hydrolysis) is 1. The zero-order valence-corrected chi connectivity index (χ0v) is 23.5. The smallest absolute Gasteiger partial charge is 0.407 e. The van der Waals surface area contributed by atoms with Gasteiger partial charge in [0.2, 0.25) is 5.91 Å². The number of amides is 2. The van der Waals surface area contributed by atoms with Crippen molar-refractivity contribution < 1.29 is 28.7 Å². The number of esters is 1. The van der Waals surface area contributed by atoms with Gasteiger partial charge in [0.25, 0.3) is 0 Å². The zero-order valence-electron chi connectivity index (χ0n) is 23.5. The van der Waals surface area contributed by atoms with Crippen LogP contribution in [0.1, 0.15) is 45.1 Å². The SMILES string of the molecule is COC(=O)CC(NC(=O)OCC1c2ccccc2-c2ccccc21)C(=O)Nc1cn(C)c(C)c1C(=O)c1ccccc1. The van der Waals surface area contributed by atoms with E-state index in [1.54, 1.807) is 49.0 Å². The summed E-state index contributed by atoms with van der Waals surface area (Å²) in [7, 11) is 2.95. The molecule has 1 aliphatic rings. The number of fused-ring (bicyclic) bond motifs is 3. The Labute approximate surface area is 243 Å². The molecule has 1 heterocycles. The van der Waals surface area contributed by atoms with E-state index >= 15 is 0 Å². The fraction of sp³-hybridized carbons (Fsp3) is 0.212. The molecule has 1 unspecified atom stereocenters. The first kappa shape index (κ1) is 28.4. The van der Waals surface area contributed by atoms with Gasteiger partial charge in [-0.25, -0.2) is 4.79 Å². The summed E-state index contributed by atoms with van der Waals surface area (Å²) in [6.45, 7) is 1.81. The van der Waals surface area contributed by atoms with Crippen LogP contribution in [0.3, 0.4) is 0 Å². The molecule has 9 nitrogen and oxygen atoms in total. The Morgan fingerprint density at radius 3 is 2.10 bits per heavy atom. The van der Waals surface area contributed by atoms with Gasteiger partial charge in [-0.1, -0.05) is 78.9 Å². The minimum absolute atomic E-state index is 0.0417. The van der Waals surface area contributed by atoms with Crippen LogP contribution in [0.4, 0.5) is 10.5 Å². The van der Waals surface area contributed by atoms with Crippen LogP contribution in [-0.4, -0.2) is 48.1 Å². The van der Waals surface area contributed by atoms with E-state index < -0.39 is 30.4 Å². The second kappa shape index (κ2) is 12.1. The maximum absolute atomic E-state index is 13.4. The van der Waals surface area contributed by atoms with E-state index in [0.717, 1.165) is 22.3 Å². The number of carbonyl (C=O) groups excluding carboxylic acids is 4. The van der Waals surface area contributed by atoms with Crippen molar-refractivity contribution in [1.82, 2.24) is 9.88 Å². The van der Waals surface area contributed by atoms with Gasteiger partial charge < -0.3 is 24.7 Å². The van der Waals surface area contributed by atoms with Crippen molar-refractivity contribution in [2.24, 2.45) is 7.05 Å². The molecule has 42 heavy (non-hydrogen) atoms. The molecular formula is C33H31N3O6. The molecule has 0 bridgehead atoms. The van der Waals surface area contributed by atoms with Crippen LogP contribution in [0.2, 0.25) is 0 Å². The Bertz CT molecular complexity index is 1610. The monoisotopic (exact) mass is 565 g/mol. The number of methoxy groups -OCH3 is 1. The quantitative estimate of drug-likeness (QED) is 0.219. The average molecular weight is 566 g/mol. The fourth-order valence-corrected chi connectivity index (χ4v) is 5.30. The van der Waals surface area contributed by atoms with Gasteiger partial charge in [-0.15, -0.1) is 0 Å². The standard InChI is InChI=1S/C33H31N3O6/c1-20-30(31(38)21-11-5-4-6-12-21)28(18-36(20)2)34-32(39)27(17-29(37)41-3)35-33(40)42-19-26-24-15-9-7-13-22(24)23-14-8-10-16-25(23)26/h4-16,18,26-27H,17,19H2,1-3H3,(H,34,39)(H,35,40). The summed E-state index contributed by atoms with van der Waals surface area (Å²) < 4.78 is 12.1. The highest BCUT2D eigenvalue weighted by Gasteiger charge is 2.31. The third-order valence-electron chi connectivity index (χ3n) is 7.55. The number of aromatic nitrogens is 1. The van der Waals surface area contributed by atoms with Gasteiger partial charge in [-0.05, 0) is 29.2 Å². The van der Waals surface area contributed by atoms with Crippen LogP contribution in [0.5, 0.6) is 0 Å². The highest BCUT2D eigenvalue weighted by Crippen LogP contribution is 2.44. The second-order valence-corrected chi connectivity index (χ2v) is 10.1. The van der Waals surface area contributed by atoms with Crippen molar-refractivity contribution in [3.05, 3.63) is 113 Å². The van der Waals surface area contributed by atoms with Gasteiger partial charge in [0, 0.05) is 30.4 Å². The summed E-state index contributed by atoms with van der Waals surface area (Å²) in [5.41, 5.74) is 5.95. The minimum atomic E-state index is -1.31. The van der Waals surface area contributed by atoms with Gasteiger partial charge in [-0.3, -0.25) is 14.4 Å². The predicted octanol–water partition coefficient (Wildman–Crippen LogP) is 4.97. The summed E-state index contributed by atoms with van der Waals surface area (Å²) in [6, 6.07) is 23.3. The molecule has 2 N–H and O–H groups in total. The molecule has 0 aliphatic heterocycles. The molecule has 1 atom stereocenters. The Kier molecular flexibility index (Phi) is 8.19. The number of aryl methyl sites for hydroxylation is 1. The Hall–Kier alpha value is -5.18. The predicted molar refractivity (Wildman–Crippen MR) is 157 cm³/mol.